The molecule has 2 aromatic carbocycles. The Balaban J connectivity index is 1.30. The number of nitrogens with one attached hydrogen (secondary N) is 1. The van der Waals surface area contributed by atoms with Crippen molar-refractivity contribution in [2.24, 2.45) is 5.92 Å². The van der Waals surface area contributed by atoms with Gasteiger partial charge in [-0.15, -0.1) is 10.2 Å². The van der Waals surface area contributed by atoms with E-state index in [1.807, 2.05) is 30.6 Å². The summed E-state index contributed by atoms with van der Waals surface area (Å²) >= 11 is 0. The molecule has 36 heavy (non-hydrogen) atoms. The predicted molar refractivity (Wildman–Crippen MR) is 142 cm³/mol. The molecule has 2 atom stereocenters. The van der Waals surface area contributed by atoms with Crippen LogP contribution in [0, 0.1) is 17.2 Å². The highest BCUT2D eigenvalue weighted by Gasteiger charge is 2.26. The summed E-state index contributed by atoms with van der Waals surface area (Å²) in [7, 11) is 0. The molecule has 7 nitrogen and oxygen atoms in total. The number of hydrogen-bond acceptors (Lipinski definition) is 5. The Bertz CT molecular complexity index is 1420. The van der Waals surface area contributed by atoms with Crippen LogP contribution in [0.4, 0.5) is 5.69 Å². The molecule has 2 aromatic heterocycles. The lowest BCUT2D eigenvalue weighted by Crippen LogP contribution is -2.32. The lowest BCUT2D eigenvalue weighted by Gasteiger charge is -2.21. The Hall–Kier alpha value is -3.89. The largest absolute Gasteiger partial charge is 0.371 e. The summed E-state index contributed by atoms with van der Waals surface area (Å²) in [6.07, 6.45) is 6.39. The van der Waals surface area contributed by atoms with Crippen LogP contribution in [0.3, 0.4) is 0 Å². The van der Waals surface area contributed by atoms with Crippen LogP contribution >= 0.6 is 0 Å². The average Bonchev–Trinajstić information content (AvgIpc) is 3.66. The first-order chi connectivity index (χ1) is 17.6. The van der Waals surface area contributed by atoms with Gasteiger partial charge in [-0.3, -0.25) is 4.57 Å². The first-order valence-corrected chi connectivity index (χ1v) is 12.9. The quantitative estimate of drug-likeness (QED) is 0.378. The summed E-state index contributed by atoms with van der Waals surface area (Å²) < 4.78 is 4.37. The minimum Gasteiger partial charge on any atom is -0.371 e. The molecular weight excluding hydrogens is 446 g/mol. The minimum absolute atomic E-state index is 0.578. The van der Waals surface area contributed by atoms with Gasteiger partial charge in [0.15, 0.2) is 5.82 Å². The van der Waals surface area contributed by atoms with Gasteiger partial charge in [-0.25, -0.2) is 0 Å². The van der Waals surface area contributed by atoms with Gasteiger partial charge in [-0.2, -0.15) is 5.26 Å². The van der Waals surface area contributed by atoms with E-state index in [1.54, 1.807) is 0 Å². The third-order valence-electron chi connectivity index (χ3n) is 7.70. The molecule has 2 aliphatic heterocycles. The molecule has 0 aliphatic carbocycles. The van der Waals surface area contributed by atoms with Crippen molar-refractivity contribution in [3.05, 3.63) is 72.2 Å². The van der Waals surface area contributed by atoms with Gasteiger partial charge in [-0.1, -0.05) is 19.1 Å². The van der Waals surface area contributed by atoms with E-state index < -0.39 is 0 Å². The van der Waals surface area contributed by atoms with E-state index in [9.17, 15) is 0 Å². The lowest BCUT2D eigenvalue weighted by molar-refractivity contribution is 0.456. The van der Waals surface area contributed by atoms with Gasteiger partial charge in [0, 0.05) is 43.1 Å². The van der Waals surface area contributed by atoms with Gasteiger partial charge in [0.25, 0.3) is 0 Å². The molecule has 182 valence electrons. The Kier molecular flexibility index (Phi) is 5.82. The van der Waals surface area contributed by atoms with Crippen LogP contribution in [0.1, 0.15) is 37.8 Å². The first-order valence-electron chi connectivity index (χ1n) is 12.9. The molecular formula is C29H31N7. The van der Waals surface area contributed by atoms with Crippen LogP contribution in [0.2, 0.25) is 0 Å². The molecule has 0 bridgehead atoms. The number of benzene rings is 2. The summed E-state index contributed by atoms with van der Waals surface area (Å²) in [5.74, 6) is 1.53. The topological polar surface area (TPSA) is 74.7 Å². The molecule has 4 aromatic rings. The fourth-order valence-corrected chi connectivity index (χ4v) is 5.37. The maximum atomic E-state index is 9.14. The zero-order chi connectivity index (χ0) is 24.6. The zero-order valence-electron chi connectivity index (χ0n) is 20.9. The highest BCUT2D eigenvalue weighted by molar-refractivity contribution is 5.72. The smallest absolute Gasteiger partial charge is 0.185 e. The van der Waals surface area contributed by atoms with E-state index >= 15 is 0 Å². The number of anilines is 1. The molecule has 0 radical (unpaired) electrons. The summed E-state index contributed by atoms with van der Waals surface area (Å²) in [5.41, 5.74) is 7.59. The highest BCUT2D eigenvalue weighted by Crippen LogP contribution is 2.35. The summed E-state index contributed by atoms with van der Waals surface area (Å²) in [6.45, 7) is 8.55. The summed E-state index contributed by atoms with van der Waals surface area (Å²) in [4.78, 5) is 2.53. The van der Waals surface area contributed by atoms with Crippen LogP contribution in [0.25, 0.3) is 28.3 Å². The molecule has 1 N–H and O–H groups in total. The van der Waals surface area contributed by atoms with Crippen molar-refractivity contribution < 1.29 is 0 Å². The second kappa shape index (κ2) is 9.29. The Morgan fingerprint density at radius 3 is 2.81 bits per heavy atom. The van der Waals surface area contributed by atoms with Gasteiger partial charge < -0.3 is 14.8 Å². The zero-order valence-corrected chi connectivity index (χ0v) is 20.9. The molecule has 1 saturated heterocycles. The number of nitrogens with zero attached hydrogens (tertiary/aromatic N) is 6. The van der Waals surface area contributed by atoms with Gasteiger partial charge in [0.1, 0.15) is 6.33 Å². The van der Waals surface area contributed by atoms with Crippen molar-refractivity contribution in [1.82, 2.24) is 24.6 Å². The third kappa shape index (κ3) is 4.08. The molecule has 0 unspecified atom stereocenters. The number of fused-ring (bicyclic) bond motifs is 5. The van der Waals surface area contributed by atoms with Crippen molar-refractivity contribution in [2.45, 2.75) is 39.3 Å². The van der Waals surface area contributed by atoms with Crippen LogP contribution < -0.4 is 10.2 Å². The Labute approximate surface area is 212 Å². The molecule has 0 saturated carbocycles. The SMILES string of the molecule is CC[C@H](C)NC[C@H]1CCN(c2ccc3c(c2)Cn2cc(-c4ccc(C#N)cc4)cc2-c2nncn2-3)C1. The molecule has 0 spiro atoms. The van der Waals surface area contributed by atoms with Crippen LogP contribution in [0.5, 0.6) is 0 Å². The second-order valence-electron chi connectivity index (χ2n) is 10.1. The maximum absolute atomic E-state index is 9.14. The number of rotatable bonds is 6. The van der Waals surface area contributed by atoms with E-state index in [4.69, 9.17) is 5.26 Å². The van der Waals surface area contributed by atoms with E-state index in [2.05, 4.69) is 79.9 Å². The lowest BCUT2D eigenvalue weighted by atomic mass is 10.1. The van der Waals surface area contributed by atoms with Crippen LogP contribution in [0.15, 0.2) is 61.1 Å². The van der Waals surface area contributed by atoms with Gasteiger partial charge in [0.2, 0.25) is 0 Å². The van der Waals surface area contributed by atoms with Gasteiger partial charge >= 0.3 is 0 Å². The number of hydrogen-bond donors (Lipinski definition) is 1. The molecule has 0 amide bonds. The van der Waals surface area contributed by atoms with Crippen molar-refractivity contribution in [3.8, 4) is 34.4 Å². The molecule has 2 aliphatic rings. The molecule has 7 heteroatoms. The van der Waals surface area contributed by atoms with E-state index in [-0.39, 0.29) is 0 Å². The van der Waals surface area contributed by atoms with Crippen LogP contribution in [-0.4, -0.2) is 45.0 Å². The molecule has 1 fully saturated rings. The van der Waals surface area contributed by atoms with E-state index in [0.717, 1.165) is 54.5 Å². The predicted octanol–water partition coefficient (Wildman–Crippen LogP) is 4.85. The van der Waals surface area contributed by atoms with Crippen LogP contribution in [-0.2, 0) is 6.54 Å². The molecule has 6 rings (SSSR count). The first kappa shape index (κ1) is 22.6. The normalized spacial score (nSPS) is 17.1. The number of nitriles is 1. The fourth-order valence-electron chi connectivity index (χ4n) is 5.37. The van der Waals surface area contributed by atoms with Crippen molar-refractivity contribution in [1.29, 1.82) is 5.26 Å². The monoisotopic (exact) mass is 477 g/mol. The average molecular weight is 478 g/mol. The summed E-state index contributed by atoms with van der Waals surface area (Å²) in [5, 5.41) is 21.5. The van der Waals surface area contributed by atoms with Crippen molar-refractivity contribution in [3.63, 3.8) is 0 Å². The van der Waals surface area contributed by atoms with E-state index in [0.29, 0.717) is 17.5 Å². The van der Waals surface area contributed by atoms with E-state index in [1.165, 1.54) is 24.1 Å². The summed E-state index contributed by atoms with van der Waals surface area (Å²) in [6, 6.07) is 19.5. The fraction of sp³-hybridized carbons (Fsp3) is 0.345. The number of aromatic nitrogens is 4. The van der Waals surface area contributed by atoms with Gasteiger partial charge in [0.05, 0.1) is 23.0 Å². The van der Waals surface area contributed by atoms with Crippen molar-refractivity contribution in [2.75, 3.05) is 24.5 Å². The molecule has 4 heterocycles. The van der Waals surface area contributed by atoms with Crippen molar-refractivity contribution >= 4 is 5.69 Å². The highest BCUT2D eigenvalue weighted by atomic mass is 15.3. The Morgan fingerprint density at radius 1 is 1.14 bits per heavy atom. The van der Waals surface area contributed by atoms with Gasteiger partial charge in [-0.05, 0) is 79.8 Å². The third-order valence-corrected chi connectivity index (χ3v) is 7.70. The maximum Gasteiger partial charge on any atom is 0.185 e. The Morgan fingerprint density at radius 2 is 2.00 bits per heavy atom. The minimum atomic E-state index is 0.578. The standard InChI is InChI=1S/C29H31N7/c1-3-20(2)31-15-22-10-11-34(16-22)26-8-9-27-25(12-26)18-35-17-24(23-6-4-21(14-30)5-7-23)13-28(35)29-33-32-19-36(27)29/h4-9,12-13,17,19-20,22,31H,3,10-11,15-16,18H2,1-2H3/t20-,22+/m0/s1. The second-order valence-corrected chi connectivity index (χ2v) is 10.1.